The highest BCUT2D eigenvalue weighted by atomic mass is 16.4. The van der Waals surface area contributed by atoms with Crippen molar-refractivity contribution in [3.8, 4) is 0 Å². The van der Waals surface area contributed by atoms with Gasteiger partial charge in [0.2, 0.25) is 0 Å². The summed E-state index contributed by atoms with van der Waals surface area (Å²) in [4.78, 5) is 31.9. The summed E-state index contributed by atoms with van der Waals surface area (Å²) in [7, 11) is 0. The molecule has 0 saturated heterocycles. The minimum absolute atomic E-state index is 0.207. The zero-order chi connectivity index (χ0) is 16.8. The summed E-state index contributed by atoms with van der Waals surface area (Å²) in [5.74, 6) is -1.67. The van der Waals surface area contributed by atoms with Crippen LogP contribution >= 0.6 is 0 Å². The fourth-order valence-corrected chi connectivity index (χ4v) is 2.04. The van der Waals surface area contributed by atoms with Gasteiger partial charge in [0.05, 0.1) is 0 Å². The van der Waals surface area contributed by atoms with Crippen LogP contribution in [0, 0.1) is 0 Å². The number of unbranched alkanes of at least 4 members (excludes halogenated alkanes) is 4. The van der Waals surface area contributed by atoms with Crippen LogP contribution in [0.4, 0.5) is 4.79 Å². The molecule has 0 heterocycles. The van der Waals surface area contributed by atoms with Gasteiger partial charge in [0.1, 0.15) is 6.04 Å². The number of rotatable bonds is 14. The Morgan fingerprint density at radius 3 is 2.14 bits per heavy atom. The Morgan fingerprint density at radius 1 is 0.909 bits per heavy atom. The Balaban J connectivity index is 3.59. The van der Waals surface area contributed by atoms with E-state index in [4.69, 9.17) is 15.9 Å². The molecular weight excluding hydrogens is 290 g/mol. The van der Waals surface area contributed by atoms with Crippen LogP contribution in [-0.4, -0.2) is 47.3 Å². The van der Waals surface area contributed by atoms with Crippen molar-refractivity contribution in [1.82, 2.24) is 10.6 Å². The van der Waals surface area contributed by atoms with Crippen LogP contribution in [0.5, 0.6) is 0 Å². The molecule has 0 aromatic heterocycles. The number of aliphatic carboxylic acids is 2. The normalized spacial score (nSPS) is 11.8. The third kappa shape index (κ3) is 13.2. The lowest BCUT2D eigenvalue weighted by atomic mass is 10.1. The number of hydrogen-bond acceptors (Lipinski definition) is 4. The molecule has 1 unspecified atom stereocenters. The van der Waals surface area contributed by atoms with Crippen LogP contribution in [0.15, 0.2) is 0 Å². The van der Waals surface area contributed by atoms with E-state index in [0.717, 1.165) is 25.7 Å². The second kappa shape index (κ2) is 12.9. The SMILES string of the molecule is NC(=O)NCCCC(NCCCCCCCC(=O)O)C(=O)O. The number of urea groups is 1. The minimum atomic E-state index is -0.902. The largest absolute Gasteiger partial charge is 0.481 e. The smallest absolute Gasteiger partial charge is 0.320 e. The van der Waals surface area contributed by atoms with E-state index < -0.39 is 24.0 Å². The standard InChI is InChI=1S/C14H27N3O5/c15-14(22)17-10-6-7-11(13(20)21)16-9-5-3-1-2-4-8-12(18)19/h11,16H,1-10H2,(H,18,19)(H,20,21)(H3,15,17,22). The summed E-state index contributed by atoms with van der Waals surface area (Å²) >= 11 is 0. The summed E-state index contributed by atoms with van der Waals surface area (Å²) in [6.07, 6.45) is 5.50. The van der Waals surface area contributed by atoms with Gasteiger partial charge in [-0.3, -0.25) is 9.59 Å². The molecule has 0 aliphatic carbocycles. The van der Waals surface area contributed by atoms with E-state index in [1.807, 2.05) is 0 Å². The van der Waals surface area contributed by atoms with Crippen molar-refractivity contribution in [2.45, 2.75) is 57.4 Å². The van der Waals surface area contributed by atoms with E-state index in [0.29, 0.717) is 32.4 Å². The Bertz CT molecular complexity index is 349. The predicted octanol–water partition coefficient (Wildman–Crippen LogP) is 0.903. The first-order valence-corrected chi connectivity index (χ1v) is 7.64. The van der Waals surface area contributed by atoms with Gasteiger partial charge in [-0.25, -0.2) is 4.79 Å². The highest BCUT2D eigenvalue weighted by Gasteiger charge is 2.15. The van der Waals surface area contributed by atoms with Crippen LogP contribution in [-0.2, 0) is 9.59 Å². The van der Waals surface area contributed by atoms with Gasteiger partial charge in [-0.15, -0.1) is 0 Å². The first kappa shape index (κ1) is 20.2. The van der Waals surface area contributed by atoms with Crippen molar-refractivity contribution in [1.29, 1.82) is 0 Å². The number of carboxylic acids is 2. The molecule has 0 aromatic rings. The average molecular weight is 317 g/mol. The van der Waals surface area contributed by atoms with E-state index in [1.165, 1.54) is 0 Å². The highest BCUT2D eigenvalue weighted by molar-refractivity contribution is 5.73. The van der Waals surface area contributed by atoms with Gasteiger partial charge in [0.25, 0.3) is 0 Å². The second-order valence-electron chi connectivity index (χ2n) is 5.19. The number of carbonyl (C=O) groups is 3. The molecule has 0 aliphatic rings. The van der Waals surface area contributed by atoms with Gasteiger partial charge in [-0.2, -0.15) is 0 Å². The molecule has 0 fully saturated rings. The van der Waals surface area contributed by atoms with Crippen LogP contribution in [0.25, 0.3) is 0 Å². The molecule has 1 atom stereocenters. The second-order valence-corrected chi connectivity index (χ2v) is 5.19. The van der Waals surface area contributed by atoms with E-state index in [2.05, 4.69) is 10.6 Å². The quantitative estimate of drug-likeness (QED) is 0.301. The predicted molar refractivity (Wildman–Crippen MR) is 81.6 cm³/mol. The third-order valence-corrected chi connectivity index (χ3v) is 3.23. The molecule has 128 valence electrons. The van der Waals surface area contributed by atoms with Crippen molar-refractivity contribution in [3.05, 3.63) is 0 Å². The molecule has 0 spiro atoms. The molecule has 8 nitrogen and oxygen atoms in total. The molecule has 8 heteroatoms. The number of amides is 2. The van der Waals surface area contributed by atoms with Crippen LogP contribution in [0.2, 0.25) is 0 Å². The Morgan fingerprint density at radius 2 is 1.55 bits per heavy atom. The van der Waals surface area contributed by atoms with Crippen LogP contribution in [0.3, 0.4) is 0 Å². The lowest BCUT2D eigenvalue weighted by Crippen LogP contribution is -2.38. The zero-order valence-corrected chi connectivity index (χ0v) is 12.8. The third-order valence-electron chi connectivity index (χ3n) is 3.23. The van der Waals surface area contributed by atoms with Gasteiger partial charge in [0, 0.05) is 13.0 Å². The summed E-state index contributed by atoms with van der Waals surface area (Å²) in [5.41, 5.74) is 4.92. The first-order chi connectivity index (χ1) is 10.4. The fraction of sp³-hybridized carbons (Fsp3) is 0.786. The lowest BCUT2D eigenvalue weighted by molar-refractivity contribution is -0.140. The molecule has 22 heavy (non-hydrogen) atoms. The van der Waals surface area contributed by atoms with E-state index in [-0.39, 0.29) is 6.42 Å². The summed E-state index contributed by atoms with van der Waals surface area (Å²) in [6.45, 7) is 0.976. The average Bonchev–Trinajstić information content (AvgIpc) is 2.42. The van der Waals surface area contributed by atoms with Gasteiger partial charge in [-0.1, -0.05) is 19.3 Å². The maximum atomic E-state index is 11.1. The Kier molecular flexibility index (Phi) is 11.8. The first-order valence-electron chi connectivity index (χ1n) is 7.64. The Labute approximate surface area is 130 Å². The molecule has 2 amide bonds. The number of nitrogens with two attached hydrogens (primary N) is 1. The molecule has 6 N–H and O–H groups in total. The monoisotopic (exact) mass is 317 g/mol. The summed E-state index contributed by atoms with van der Waals surface area (Å²) in [5, 5.41) is 23.0. The van der Waals surface area contributed by atoms with Gasteiger partial charge < -0.3 is 26.6 Å². The van der Waals surface area contributed by atoms with Gasteiger partial charge >= 0.3 is 18.0 Å². The van der Waals surface area contributed by atoms with Crippen LogP contribution in [0.1, 0.15) is 51.4 Å². The van der Waals surface area contributed by atoms with Gasteiger partial charge in [-0.05, 0) is 32.2 Å². The topological polar surface area (TPSA) is 142 Å². The van der Waals surface area contributed by atoms with Crippen LogP contribution < -0.4 is 16.4 Å². The van der Waals surface area contributed by atoms with Gasteiger partial charge in [0.15, 0.2) is 0 Å². The zero-order valence-electron chi connectivity index (χ0n) is 12.8. The molecule has 0 aromatic carbocycles. The van der Waals surface area contributed by atoms with Crippen molar-refractivity contribution in [3.63, 3.8) is 0 Å². The summed E-state index contributed by atoms with van der Waals surface area (Å²) < 4.78 is 0. The van der Waals surface area contributed by atoms with Crippen molar-refractivity contribution >= 4 is 18.0 Å². The summed E-state index contributed by atoms with van der Waals surface area (Å²) in [6, 6.07) is -1.23. The number of carboxylic acid groups (broad SMARTS) is 2. The van der Waals surface area contributed by atoms with Crippen molar-refractivity contribution in [2.24, 2.45) is 5.73 Å². The molecule has 0 saturated carbocycles. The maximum Gasteiger partial charge on any atom is 0.320 e. The van der Waals surface area contributed by atoms with E-state index in [9.17, 15) is 14.4 Å². The number of nitrogens with one attached hydrogen (secondary N) is 2. The van der Waals surface area contributed by atoms with E-state index >= 15 is 0 Å². The number of hydrogen-bond donors (Lipinski definition) is 5. The molecule has 0 rings (SSSR count). The molecule has 0 aliphatic heterocycles. The number of primary amides is 1. The molecule has 0 radical (unpaired) electrons. The lowest BCUT2D eigenvalue weighted by Gasteiger charge is -2.14. The number of carbonyl (C=O) groups excluding carboxylic acids is 1. The maximum absolute atomic E-state index is 11.1. The molecular formula is C14H27N3O5. The minimum Gasteiger partial charge on any atom is -0.481 e. The fourth-order valence-electron chi connectivity index (χ4n) is 2.04. The highest BCUT2D eigenvalue weighted by Crippen LogP contribution is 2.05. The van der Waals surface area contributed by atoms with Crippen molar-refractivity contribution in [2.75, 3.05) is 13.1 Å². The van der Waals surface area contributed by atoms with E-state index in [1.54, 1.807) is 0 Å². The van der Waals surface area contributed by atoms with Crippen molar-refractivity contribution < 1.29 is 24.6 Å². The Hall–Kier alpha value is -1.83. The molecule has 0 bridgehead atoms.